The lowest BCUT2D eigenvalue weighted by atomic mass is 9.82. The highest BCUT2D eigenvalue weighted by Gasteiger charge is 2.37. The van der Waals surface area contributed by atoms with Gasteiger partial charge in [0.05, 0.1) is 12.2 Å². The summed E-state index contributed by atoms with van der Waals surface area (Å²) in [5, 5.41) is 12.8. The molecule has 8 nitrogen and oxygen atoms in total. The summed E-state index contributed by atoms with van der Waals surface area (Å²) in [4.78, 5) is 4.60. The topological polar surface area (TPSA) is 99.2 Å². The molecule has 174 valence electrons. The fraction of sp³-hybridized carbons (Fsp3) is 0.955. The van der Waals surface area contributed by atoms with Crippen LogP contribution in [0.1, 0.15) is 84.0 Å². The van der Waals surface area contributed by atoms with Crippen molar-refractivity contribution >= 4 is 5.84 Å². The average Bonchev–Trinajstić information content (AvgIpc) is 3.27. The normalized spacial score (nSPS) is 37.4. The molecule has 2 aliphatic heterocycles. The molecule has 1 saturated heterocycles. The van der Waals surface area contributed by atoms with Gasteiger partial charge in [-0.25, -0.2) is 15.9 Å². The number of hydroxylamine groups is 1. The fourth-order valence-electron chi connectivity index (χ4n) is 4.89. The summed E-state index contributed by atoms with van der Waals surface area (Å²) in [6, 6.07) is 0.251. The Labute approximate surface area is 181 Å². The number of hydrogen-bond donors (Lipinski definition) is 5. The van der Waals surface area contributed by atoms with Gasteiger partial charge < -0.3 is 20.1 Å². The standard InChI is InChI=1S/C22H43N5O3/c1-2-21-24-16-29-22(23-14-6-4-3-5-7-15-25-26-21)20-13-12-19(30-20)17-8-10-18(27-28)11-9-17/h17-20,22-23,25,27-28H,2-16H2,1H3,(H,24,26). The first-order valence-electron chi connectivity index (χ1n) is 12.2. The monoisotopic (exact) mass is 425 g/mol. The van der Waals surface area contributed by atoms with E-state index in [4.69, 9.17) is 14.7 Å². The molecule has 1 saturated carbocycles. The highest BCUT2D eigenvalue weighted by Crippen LogP contribution is 2.35. The second-order valence-corrected chi connectivity index (χ2v) is 8.98. The molecule has 0 aromatic carbocycles. The van der Waals surface area contributed by atoms with Gasteiger partial charge in [-0.3, -0.25) is 5.32 Å². The minimum absolute atomic E-state index is 0.0886. The van der Waals surface area contributed by atoms with E-state index in [1.165, 1.54) is 32.1 Å². The van der Waals surface area contributed by atoms with Crippen LogP contribution in [0.5, 0.6) is 0 Å². The lowest BCUT2D eigenvalue weighted by Gasteiger charge is -2.32. The van der Waals surface area contributed by atoms with Crippen LogP contribution in [-0.2, 0) is 9.47 Å². The Morgan fingerprint density at radius 2 is 1.70 bits per heavy atom. The Balaban J connectivity index is 1.52. The summed E-state index contributed by atoms with van der Waals surface area (Å²) in [5.74, 6) is 1.53. The maximum absolute atomic E-state index is 9.15. The van der Waals surface area contributed by atoms with Crippen molar-refractivity contribution in [2.75, 3.05) is 19.8 Å². The van der Waals surface area contributed by atoms with Crippen molar-refractivity contribution in [1.29, 1.82) is 0 Å². The Hall–Kier alpha value is -0.770. The molecule has 5 N–H and O–H groups in total. The largest absolute Gasteiger partial charge is 0.371 e. The molecule has 2 heterocycles. The zero-order chi connectivity index (χ0) is 21.0. The number of nitrogens with zero attached hydrogens (tertiary/aromatic N) is 1. The Morgan fingerprint density at radius 3 is 2.47 bits per heavy atom. The van der Waals surface area contributed by atoms with Gasteiger partial charge in [-0.15, -0.1) is 0 Å². The van der Waals surface area contributed by atoms with Crippen LogP contribution in [0.2, 0.25) is 0 Å². The van der Waals surface area contributed by atoms with Gasteiger partial charge in [0.2, 0.25) is 0 Å². The molecular formula is C22H43N5O3. The third kappa shape index (κ3) is 7.73. The van der Waals surface area contributed by atoms with E-state index >= 15 is 0 Å². The van der Waals surface area contributed by atoms with Crippen LogP contribution in [0.4, 0.5) is 0 Å². The molecule has 3 aliphatic rings. The number of amidine groups is 1. The van der Waals surface area contributed by atoms with Gasteiger partial charge in [0.25, 0.3) is 0 Å². The van der Waals surface area contributed by atoms with Gasteiger partial charge in [-0.05, 0) is 63.8 Å². The number of hydrazine groups is 1. The van der Waals surface area contributed by atoms with Crippen molar-refractivity contribution in [3.63, 3.8) is 0 Å². The first-order chi connectivity index (χ1) is 14.8. The number of ether oxygens (including phenoxy) is 2. The summed E-state index contributed by atoms with van der Waals surface area (Å²) in [6.07, 6.45) is 13.7. The van der Waals surface area contributed by atoms with Crippen LogP contribution in [0.15, 0.2) is 4.99 Å². The molecule has 0 amide bonds. The van der Waals surface area contributed by atoms with Crippen LogP contribution in [0, 0.1) is 5.92 Å². The predicted molar refractivity (Wildman–Crippen MR) is 118 cm³/mol. The fourth-order valence-corrected chi connectivity index (χ4v) is 4.89. The zero-order valence-electron chi connectivity index (χ0n) is 18.7. The molecule has 3 rings (SSSR count). The van der Waals surface area contributed by atoms with Crippen LogP contribution in [-0.4, -0.2) is 55.3 Å². The molecule has 3 atom stereocenters. The van der Waals surface area contributed by atoms with E-state index in [1.54, 1.807) is 0 Å². The van der Waals surface area contributed by atoms with Gasteiger partial charge in [0.1, 0.15) is 18.8 Å². The Bertz CT molecular complexity index is 499. The van der Waals surface area contributed by atoms with Gasteiger partial charge in [-0.1, -0.05) is 26.2 Å². The number of hydrogen-bond acceptors (Lipinski definition) is 8. The van der Waals surface area contributed by atoms with Crippen molar-refractivity contribution in [3.05, 3.63) is 0 Å². The van der Waals surface area contributed by atoms with Gasteiger partial charge in [0.15, 0.2) is 0 Å². The molecule has 2 fully saturated rings. The lowest BCUT2D eigenvalue weighted by Crippen LogP contribution is -2.43. The van der Waals surface area contributed by atoms with E-state index in [1.807, 2.05) is 0 Å². The first kappa shape index (κ1) is 23.9. The number of aliphatic imine (C=N–C) groups is 1. The average molecular weight is 426 g/mol. The first-order valence-corrected chi connectivity index (χ1v) is 12.2. The third-order valence-electron chi connectivity index (χ3n) is 6.80. The maximum Gasteiger partial charge on any atom is 0.141 e. The van der Waals surface area contributed by atoms with E-state index in [0.29, 0.717) is 18.8 Å². The van der Waals surface area contributed by atoms with E-state index in [2.05, 4.69) is 33.6 Å². The van der Waals surface area contributed by atoms with Crippen molar-refractivity contribution in [2.45, 2.75) is 108 Å². The number of nitrogens with one attached hydrogen (secondary N) is 4. The van der Waals surface area contributed by atoms with Crippen molar-refractivity contribution in [2.24, 2.45) is 10.9 Å². The predicted octanol–water partition coefficient (Wildman–Crippen LogP) is 2.83. The molecule has 0 bridgehead atoms. The summed E-state index contributed by atoms with van der Waals surface area (Å²) < 4.78 is 12.7. The summed E-state index contributed by atoms with van der Waals surface area (Å²) in [7, 11) is 0. The maximum atomic E-state index is 9.15. The summed E-state index contributed by atoms with van der Waals surface area (Å²) in [6.45, 7) is 4.37. The van der Waals surface area contributed by atoms with Gasteiger partial charge in [-0.2, -0.15) is 0 Å². The quantitative estimate of drug-likeness (QED) is 0.442. The molecule has 0 spiro atoms. The van der Waals surface area contributed by atoms with Gasteiger partial charge in [0, 0.05) is 19.0 Å². The molecule has 3 unspecified atom stereocenters. The van der Waals surface area contributed by atoms with Gasteiger partial charge >= 0.3 is 0 Å². The summed E-state index contributed by atoms with van der Waals surface area (Å²) >= 11 is 0. The van der Waals surface area contributed by atoms with Crippen molar-refractivity contribution in [3.8, 4) is 0 Å². The van der Waals surface area contributed by atoms with Crippen LogP contribution < -0.4 is 21.6 Å². The van der Waals surface area contributed by atoms with Crippen molar-refractivity contribution in [1.82, 2.24) is 21.6 Å². The highest BCUT2D eigenvalue weighted by molar-refractivity contribution is 5.81. The number of rotatable bonds is 4. The highest BCUT2D eigenvalue weighted by atomic mass is 16.6. The Morgan fingerprint density at radius 1 is 0.967 bits per heavy atom. The van der Waals surface area contributed by atoms with E-state index in [-0.39, 0.29) is 18.4 Å². The van der Waals surface area contributed by atoms with Crippen molar-refractivity contribution < 1.29 is 14.7 Å². The summed E-state index contributed by atoms with van der Waals surface area (Å²) in [5.41, 5.74) is 8.94. The lowest BCUT2D eigenvalue weighted by molar-refractivity contribution is -0.0958. The zero-order valence-corrected chi connectivity index (χ0v) is 18.7. The molecule has 0 radical (unpaired) electrons. The Kier molecular flexibility index (Phi) is 10.8. The smallest absolute Gasteiger partial charge is 0.141 e. The minimum Gasteiger partial charge on any atom is -0.371 e. The molecule has 8 heteroatoms. The van der Waals surface area contributed by atoms with E-state index in [0.717, 1.165) is 63.9 Å². The van der Waals surface area contributed by atoms with Crippen LogP contribution in [0.3, 0.4) is 0 Å². The van der Waals surface area contributed by atoms with E-state index in [9.17, 15) is 0 Å². The van der Waals surface area contributed by atoms with Crippen LogP contribution >= 0.6 is 0 Å². The molecule has 0 aromatic rings. The second-order valence-electron chi connectivity index (χ2n) is 8.98. The SMILES string of the molecule is CC/C1=N/COC(C2CCC(C3CCC(NO)CC3)O2)NCCCCCCCNN1. The molecule has 1 aliphatic carbocycles. The third-order valence-corrected chi connectivity index (χ3v) is 6.80. The molecule has 0 aromatic heterocycles. The second kappa shape index (κ2) is 13.6. The minimum atomic E-state index is -0.106. The molecular weight excluding hydrogens is 382 g/mol. The van der Waals surface area contributed by atoms with Crippen LogP contribution in [0.25, 0.3) is 0 Å². The molecule has 30 heavy (non-hydrogen) atoms. The van der Waals surface area contributed by atoms with E-state index < -0.39 is 0 Å².